The normalized spacial score (nSPS) is 15.1. The Morgan fingerprint density at radius 3 is 2.29 bits per heavy atom. The summed E-state index contributed by atoms with van der Waals surface area (Å²) in [5.74, 6) is 0.477. The molecule has 2 heteroatoms. The standard InChI is InChI=1S/C12H16BrF/c1-9(7-10(2)13)8-11-3-5-12(14)6-4-11/h3-6,9-10H,7-8H2,1-2H3. The van der Waals surface area contributed by atoms with E-state index in [1.54, 1.807) is 0 Å². The van der Waals surface area contributed by atoms with Crippen LogP contribution in [0.1, 0.15) is 25.8 Å². The van der Waals surface area contributed by atoms with Crippen LogP contribution in [0.25, 0.3) is 0 Å². The molecule has 0 aliphatic heterocycles. The fourth-order valence-corrected chi connectivity index (χ4v) is 2.30. The van der Waals surface area contributed by atoms with Gasteiger partial charge < -0.3 is 0 Å². The Kier molecular flexibility index (Phi) is 4.59. The molecule has 0 spiro atoms. The van der Waals surface area contributed by atoms with Gasteiger partial charge in [-0.05, 0) is 36.5 Å². The van der Waals surface area contributed by atoms with Crippen LogP contribution in [-0.2, 0) is 6.42 Å². The predicted molar refractivity (Wildman–Crippen MR) is 62.3 cm³/mol. The number of halogens is 2. The number of hydrogen-bond donors (Lipinski definition) is 0. The summed E-state index contributed by atoms with van der Waals surface area (Å²) in [6.45, 7) is 4.38. The first kappa shape index (κ1) is 11.7. The zero-order chi connectivity index (χ0) is 10.6. The fraction of sp³-hybridized carbons (Fsp3) is 0.500. The highest BCUT2D eigenvalue weighted by molar-refractivity contribution is 9.09. The van der Waals surface area contributed by atoms with Gasteiger partial charge in [0, 0.05) is 4.83 Å². The van der Waals surface area contributed by atoms with Gasteiger partial charge >= 0.3 is 0 Å². The summed E-state index contributed by atoms with van der Waals surface area (Å²) in [5, 5.41) is 0. The SMILES string of the molecule is CC(Br)CC(C)Cc1ccc(F)cc1. The molecule has 2 atom stereocenters. The van der Waals surface area contributed by atoms with Crippen LogP contribution in [0.15, 0.2) is 24.3 Å². The van der Waals surface area contributed by atoms with E-state index in [1.807, 2.05) is 12.1 Å². The van der Waals surface area contributed by atoms with E-state index in [1.165, 1.54) is 17.7 Å². The fourth-order valence-electron chi connectivity index (χ4n) is 1.66. The van der Waals surface area contributed by atoms with Gasteiger partial charge in [-0.3, -0.25) is 0 Å². The molecule has 0 N–H and O–H groups in total. The summed E-state index contributed by atoms with van der Waals surface area (Å²) in [4.78, 5) is 0.554. The van der Waals surface area contributed by atoms with Gasteiger partial charge in [-0.25, -0.2) is 4.39 Å². The summed E-state index contributed by atoms with van der Waals surface area (Å²) < 4.78 is 12.6. The minimum Gasteiger partial charge on any atom is -0.207 e. The Morgan fingerprint density at radius 2 is 1.79 bits per heavy atom. The molecule has 0 aliphatic carbocycles. The second-order valence-electron chi connectivity index (χ2n) is 3.95. The molecule has 0 heterocycles. The molecule has 0 aromatic heterocycles. The van der Waals surface area contributed by atoms with Crippen LogP contribution in [0.3, 0.4) is 0 Å². The van der Waals surface area contributed by atoms with Crippen molar-refractivity contribution in [1.29, 1.82) is 0 Å². The molecule has 0 saturated heterocycles. The quantitative estimate of drug-likeness (QED) is 0.711. The van der Waals surface area contributed by atoms with Crippen molar-refractivity contribution < 1.29 is 4.39 Å². The van der Waals surface area contributed by atoms with E-state index in [-0.39, 0.29) is 5.82 Å². The monoisotopic (exact) mass is 258 g/mol. The van der Waals surface area contributed by atoms with E-state index in [0.29, 0.717) is 10.7 Å². The molecule has 14 heavy (non-hydrogen) atoms. The lowest BCUT2D eigenvalue weighted by Gasteiger charge is -2.12. The summed E-state index contributed by atoms with van der Waals surface area (Å²) in [5.41, 5.74) is 1.21. The zero-order valence-corrected chi connectivity index (χ0v) is 10.2. The third-order valence-electron chi connectivity index (χ3n) is 2.22. The first-order chi connectivity index (χ1) is 6.58. The molecule has 1 aromatic rings. The number of alkyl halides is 1. The first-order valence-corrected chi connectivity index (χ1v) is 5.88. The average Bonchev–Trinajstić information content (AvgIpc) is 2.07. The van der Waals surface area contributed by atoms with E-state index >= 15 is 0 Å². The maximum atomic E-state index is 12.6. The Balaban J connectivity index is 2.47. The highest BCUT2D eigenvalue weighted by atomic mass is 79.9. The third-order valence-corrected chi connectivity index (χ3v) is 2.60. The lowest BCUT2D eigenvalue weighted by molar-refractivity contribution is 0.532. The highest BCUT2D eigenvalue weighted by Gasteiger charge is 2.06. The number of rotatable bonds is 4. The molecule has 0 nitrogen and oxygen atoms in total. The lowest BCUT2D eigenvalue weighted by atomic mass is 9.97. The summed E-state index contributed by atoms with van der Waals surface area (Å²) in [6, 6.07) is 6.79. The van der Waals surface area contributed by atoms with E-state index in [0.717, 1.165) is 12.8 Å². The maximum absolute atomic E-state index is 12.6. The van der Waals surface area contributed by atoms with Gasteiger partial charge in [-0.1, -0.05) is 41.9 Å². The molecule has 0 amide bonds. The van der Waals surface area contributed by atoms with E-state index in [4.69, 9.17) is 0 Å². The van der Waals surface area contributed by atoms with Crippen LogP contribution in [0.4, 0.5) is 4.39 Å². The van der Waals surface area contributed by atoms with Crippen LogP contribution in [0.2, 0.25) is 0 Å². The van der Waals surface area contributed by atoms with Crippen LogP contribution >= 0.6 is 15.9 Å². The summed E-state index contributed by atoms with van der Waals surface area (Å²) >= 11 is 3.54. The van der Waals surface area contributed by atoms with Crippen molar-refractivity contribution in [3.05, 3.63) is 35.6 Å². The number of benzene rings is 1. The lowest BCUT2D eigenvalue weighted by Crippen LogP contribution is -2.05. The van der Waals surface area contributed by atoms with E-state index in [9.17, 15) is 4.39 Å². The Hall–Kier alpha value is -0.370. The second kappa shape index (κ2) is 5.50. The molecule has 0 radical (unpaired) electrons. The zero-order valence-electron chi connectivity index (χ0n) is 8.63. The van der Waals surface area contributed by atoms with Gasteiger partial charge in [0.1, 0.15) is 5.82 Å². The minimum absolute atomic E-state index is 0.157. The summed E-state index contributed by atoms with van der Waals surface area (Å²) in [7, 11) is 0. The van der Waals surface area contributed by atoms with Crippen molar-refractivity contribution in [3.63, 3.8) is 0 Å². The molecule has 78 valence electrons. The first-order valence-electron chi connectivity index (χ1n) is 4.96. The van der Waals surface area contributed by atoms with Gasteiger partial charge in [-0.2, -0.15) is 0 Å². The van der Waals surface area contributed by atoms with Crippen molar-refractivity contribution in [3.8, 4) is 0 Å². The molecular formula is C12H16BrF. The largest absolute Gasteiger partial charge is 0.207 e. The Bertz CT molecular complexity index is 266. The van der Waals surface area contributed by atoms with Crippen molar-refractivity contribution in [2.75, 3.05) is 0 Å². The van der Waals surface area contributed by atoms with Crippen molar-refractivity contribution in [2.24, 2.45) is 5.92 Å². The maximum Gasteiger partial charge on any atom is 0.123 e. The Morgan fingerprint density at radius 1 is 1.21 bits per heavy atom. The molecule has 0 fully saturated rings. The van der Waals surface area contributed by atoms with Crippen LogP contribution < -0.4 is 0 Å². The van der Waals surface area contributed by atoms with Crippen LogP contribution in [-0.4, -0.2) is 4.83 Å². The molecular weight excluding hydrogens is 243 g/mol. The topological polar surface area (TPSA) is 0 Å². The van der Waals surface area contributed by atoms with Gasteiger partial charge in [0.2, 0.25) is 0 Å². The summed E-state index contributed by atoms with van der Waals surface area (Å²) in [6.07, 6.45) is 2.17. The molecule has 1 rings (SSSR count). The molecule has 2 unspecified atom stereocenters. The van der Waals surface area contributed by atoms with Crippen molar-refractivity contribution >= 4 is 15.9 Å². The molecule has 1 aromatic carbocycles. The van der Waals surface area contributed by atoms with Crippen LogP contribution in [0.5, 0.6) is 0 Å². The van der Waals surface area contributed by atoms with Gasteiger partial charge in [0.05, 0.1) is 0 Å². The molecule has 0 bridgehead atoms. The molecule has 0 saturated carbocycles. The third kappa shape index (κ3) is 4.23. The predicted octanol–water partition coefficient (Wildman–Crippen LogP) is 4.18. The van der Waals surface area contributed by atoms with Crippen molar-refractivity contribution in [2.45, 2.75) is 31.5 Å². The van der Waals surface area contributed by atoms with Crippen LogP contribution in [0, 0.1) is 11.7 Å². The Labute approximate surface area is 93.7 Å². The smallest absolute Gasteiger partial charge is 0.123 e. The number of hydrogen-bond acceptors (Lipinski definition) is 0. The molecule has 0 aliphatic rings. The van der Waals surface area contributed by atoms with Crippen molar-refractivity contribution in [1.82, 2.24) is 0 Å². The second-order valence-corrected chi connectivity index (χ2v) is 5.52. The highest BCUT2D eigenvalue weighted by Crippen LogP contribution is 2.17. The van der Waals surface area contributed by atoms with E-state index < -0.39 is 0 Å². The van der Waals surface area contributed by atoms with Gasteiger partial charge in [-0.15, -0.1) is 0 Å². The van der Waals surface area contributed by atoms with Gasteiger partial charge in [0.25, 0.3) is 0 Å². The van der Waals surface area contributed by atoms with Gasteiger partial charge in [0.15, 0.2) is 0 Å². The average molecular weight is 259 g/mol. The van der Waals surface area contributed by atoms with E-state index in [2.05, 4.69) is 29.8 Å². The minimum atomic E-state index is -0.157.